The fraction of sp³-hybridized carbons (Fsp3) is 0.333. The summed E-state index contributed by atoms with van der Waals surface area (Å²) in [7, 11) is 1.33. The molecule has 0 fully saturated rings. The predicted molar refractivity (Wildman–Crippen MR) is 97.6 cm³/mol. The van der Waals surface area contributed by atoms with Crippen molar-refractivity contribution in [2.75, 3.05) is 19.0 Å². The van der Waals surface area contributed by atoms with E-state index in [1.807, 2.05) is 33.8 Å². The Bertz CT molecular complexity index is 690. The molecule has 0 aliphatic rings. The molecule has 0 radical (unpaired) electrons. The van der Waals surface area contributed by atoms with Gasteiger partial charge in [-0.3, -0.25) is 0 Å². The molecule has 0 amide bonds. The molecule has 1 heterocycles. The number of benzene rings is 1. The third kappa shape index (κ3) is 4.86. The first-order valence-corrected chi connectivity index (χ1v) is 8.19. The maximum absolute atomic E-state index is 11.9. The lowest BCUT2D eigenvalue weighted by Gasteiger charge is -2.15. The third-order valence-corrected chi connectivity index (χ3v) is 3.25. The molecule has 0 aliphatic carbocycles. The van der Waals surface area contributed by atoms with Crippen molar-refractivity contribution in [1.82, 2.24) is 4.98 Å². The number of aryl methyl sites for hydroxylation is 1. The summed E-state index contributed by atoms with van der Waals surface area (Å²) in [6.45, 7) is 8.19. The Morgan fingerprint density at radius 1 is 1.25 bits per heavy atom. The highest BCUT2D eigenvalue weighted by atomic mass is 35.5. The zero-order valence-electron chi connectivity index (χ0n) is 14.6. The number of para-hydroxylation sites is 1. The van der Waals surface area contributed by atoms with Crippen LogP contribution in [0.25, 0.3) is 0 Å². The number of nitrogens with one attached hydrogen (secondary N) is 1. The number of esters is 1. The molecule has 1 aromatic heterocycles. The number of nitrogens with zero attached hydrogens (tertiary/aromatic N) is 1. The van der Waals surface area contributed by atoms with E-state index in [1.165, 1.54) is 7.11 Å². The number of halogens is 1. The first kappa shape index (κ1) is 19.8. The van der Waals surface area contributed by atoms with Gasteiger partial charge in [-0.15, -0.1) is 0 Å². The standard InChI is InChI=1S/C16H17ClN2O3.C2H6/c1-4-22-14-12(17)6-5-7-13(14)19-15-11(16(20)21-3)9-8-10(2)18-15;1-2/h5-9H,4H2,1-3H3,(H,18,19);1-2H3. The Morgan fingerprint density at radius 2 is 1.96 bits per heavy atom. The molecule has 5 nitrogen and oxygen atoms in total. The van der Waals surface area contributed by atoms with E-state index >= 15 is 0 Å². The van der Waals surface area contributed by atoms with Crippen LogP contribution < -0.4 is 10.1 Å². The number of methoxy groups -OCH3 is 1. The fourth-order valence-electron chi connectivity index (χ4n) is 1.95. The van der Waals surface area contributed by atoms with Crippen molar-refractivity contribution in [1.29, 1.82) is 0 Å². The van der Waals surface area contributed by atoms with E-state index in [9.17, 15) is 4.79 Å². The van der Waals surface area contributed by atoms with Gasteiger partial charge in [0, 0.05) is 5.69 Å². The van der Waals surface area contributed by atoms with Crippen LogP contribution in [-0.2, 0) is 4.74 Å². The van der Waals surface area contributed by atoms with Gasteiger partial charge in [0.15, 0.2) is 5.75 Å². The minimum absolute atomic E-state index is 0.343. The molecule has 6 heteroatoms. The van der Waals surface area contributed by atoms with Crippen LogP contribution in [0, 0.1) is 6.92 Å². The number of ether oxygens (including phenoxy) is 2. The number of hydrogen-bond donors (Lipinski definition) is 1. The summed E-state index contributed by atoms with van der Waals surface area (Å²) in [5.41, 5.74) is 1.75. The van der Waals surface area contributed by atoms with Gasteiger partial charge in [-0.1, -0.05) is 31.5 Å². The van der Waals surface area contributed by atoms with Gasteiger partial charge in [0.2, 0.25) is 0 Å². The van der Waals surface area contributed by atoms with Crippen molar-refractivity contribution in [2.24, 2.45) is 0 Å². The van der Waals surface area contributed by atoms with Gasteiger partial charge in [-0.2, -0.15) is 0 Å². The molecular weight excluding hydrogens is 328 g/mol. The number of hydrogen-bond acceptors (Lipinski definition) is 5. The van der Waals surface area contributed by atoms with Crippen molar-refractivity contribution in [3.63, 3.8) is 0 Å². The van der Waals surface area contributed by atoms with Crippen molar-refractivity contribution >= 4 is 29.1 Å². The topological polar surface area (TPSA) is 60.5 Å². The Hall–Kier alpha value is -2.27. The van der Waals surface area contributed by atoms with E-state index in [4.69, 9.17) is 21.1 Å². The SMILES string of the molecule is CC.CCOc1c(Cl)cccc1Nc1nc(C)ccc1C(=O)OC. The van der Waals surface area contributed by atoms with Crippen LogP contribution in [0.1, 0.15) is 36.8 Å². The average Bonchev–Trinajstić information content (AvgIpc) is 2.59. The van der Waals surface area contributed by atoms with E-state index in [1.54, 1.807) is 24.3 Å². The highest BCUT2D eigenvalue weighted by Gasteiger charge is 2.16. The number of aromatic nitrogens is 1. The minimum Gasteiger partial charge on any atom is -0.490 e. The van der Waals surface area contributed by atoms with E-state index in [-0.39, 0.29) is 0 Å². The average molecular weight is 351 g/mol. The number of pyridine rings is 1. The maximum Gasteiger partial charge on any atom is 0.341 e. The Labute approximate surface area is 148 Å². The molecule has 0 unspecified atom stereocenters. The molecule has 0 spiro atoms. The molecule has 1 N–H and O–H groups in total. The van der Waals surface area contributed by atoms with Crippen molar-refractivity contribution in [3.8, 4) is 5.75 Å². The fourth-order valence-corrected chi connectivity index (χ4v) is 2.18. The first-order chi connectivity index (χ1) is 11.6. The summed E-state index contributed by atoms with van der Waals surface area (Å²) in [4.78, 5) is 16.2. The molecule has 24 heavy (non-hydrogen) atoms. The molecular formula is C18H23ClN2O3. The maximum atomic E-state index is 11.9. The summed E-state index contributed by atoms with van der Waals surface area (Å²) in [5, 5.41) is 3.59. The van der Waals surface area contributed by atoms with Crippen molar-refractivity contribution in [3.05, 3.63) is 46.6 Å². The van der Waals surface area contributed by atoms with Gasteiger partial charge in [-0.25, -0.2) is 9.78 Å². The molecule has 2 rings (SSSR count). The summed E-state index contributed by atoms with van der Waals surface area (Å²) < 4.78 is 10.3. The zero-order chi connectivity index (χ0) is 18.1. The summed E-state index contributed by atoms with van der Waals surface area (Å²) in [6.07, 6.45) is 0. The molecule has 0 atom stereocenters. The predicted octanol–water partition coefficient (Wildman–Crippen LogP) is 5.00. The van der Waals surface area contributed by atoms with E-state index in [0.29, 0.717) is 34.4 Å². The van der Waals surface area contributed by atoms with Gasteiger partial charge in [0.1, 0.15) is 11.4 Å². The van der Waals surface area contributed by atoms with Gasteiger partial charge in [0.05, 0.1) is 24.4 Å². The van der Waals surface area contributed by atoms with Crippen molar-refractivity contribution < 1.29 is 14.3 Å². The molecule has 0 saturated heterocycles. The lowest BCUT2D eigenvalue weighted by Crippen LogP contribution is -2.09. The summed E-state index contributed by atoms with van der Waals surface area (Å²) in [5.74, 6) is 0.454. The molecule has 130 valence electrons. The molecule has 0 aliphatic heterocycles. The van der Waals surface area contributed by atoms with Crippen molar-refractivity contribution in [2.45, 2.75) is 27.7 Å². The van der Waals surface area contributed by atoms with E-state index in [2.05, 4.69) is 10.3 Å². The van der Waals surface area contributed by atoms with Crippen LogP contribution in [0.5, 0.6) is 5.75 Å². The largest absolute Gasteiger partial charge is 0.490 e. The minimum atomic E-state index is -0.463. The van der Waals surface area contributed by atoms with Crippen LogP contribution in [0.15, 0.2) is 30.3 Å². The van der Waals surface area contributed by atoms with E-state index < -0.39 is 5.97 Å². The van der Waals surface area contributed by atoms with Crippen LogP contribution in [0.4, 0.5) is 11.5 Å². The molecule has 2 aromatic rings. The van der Waals surface area contributed by atoms with Crippen LogP contribution >= 0.6 is 11.6 Å². The number of rotatable bonds is 5. The normalized spacial score (nSPS) is 9.58. The van der Waals surface area contributed by atoms with Gasteiger partial charge >= 0.3 is 5.97 Å². The summed E-state index contributed by atoms with van der Waals surface area (Å²) >= 11 is 6.16. The third-order valence-electron chi connectivity index (χ3n) is 2.95. The second-order valence-corrected chi connectivity index (χ2v) is 4.92. The first-order valence-electron chi connectivity index (χ1n) is 7.81. The zero-order valence-corrected chi connectivity index (χ0v) is 15.4. The number of carbonyl (C=O) groups is 1. The highest BCUT2D eigenvalue weighted by molar-refractivity contribution is 6.32. The van der Waals surface area contributed by atoms with Gasteiger partial charge in [0.25, 0.3) is 0 Å². The quantitative estimate of drug-likeness (QED) is 0.769. The van der Waals surface area contributed by atoms with Crippen LogP contribution in [-0.4, -0.2) is 24.7 Å². The number of anilines is 2. The molecule has 1 aromatic carbocycles. The Kier molecular flexibility index (Phi) is 8.06. The second-order valence-electron chi connectivity index (χ2n) is 4.51. The van der Waals surface area contributed by atoms with Gasteiger partial charge < -0.3 is 14.8 Å². The summed E-state index contributed by atoms with van der Waals surface area (Å²) in [6, 6.07) is 8.76. The highest BCUT2D eigenvalue weighted by Crippen LogP contribution is 2.35. The monoisotopic (exact) mass is 350 g/mol. The molecule has 0 bridgehead atoms. The van der Waals surface area contributed by atoms with Crippen LogP contribution in [0.3, 0.4) is 0 Å². The van der Waals surface area contributed by atoms with Crippen LogP contribution in [0.2, 0.25) is 5.02 Å². The smallest absolute Gasteiger partial charge is 0.341 e. The lowest BCUT2D eigenvalue weighted by atomic mass is 10.2. The lowest BCUT2D eigenvalue weighted by molar-refractivity contribution is 0.0601. The van der Waals surface area contributed by atoms with Gasteiger partial charge in [-0.05, 0) is 38.1 Å². The van der Waals surface area contributed by atoms with E-state index in [0.717, 1.165) is 5.69 Å². The Morgan fingerprint density at radius 3 is 2.58 bits per heavy atom. The second kappa shape index (κ2) is 9.78. The Balaban J connectivity index is 0.00000139. The number of carbonyl (C=O) groups excluding carboxylic acids is 1. The molecule has 0 saturated carbocycles.